The second-order valence-electron chi connectivity index (χ2n) is 4.32. The molecule has 1 heterocycles. The number of nitrogens with two attached hydrogens (primary N) is 1. The van der Waals surface area contributed by atoms with E-state index in [0.717, 1.165) is 5.56 Å². The highest BCUT2D eigenvalue weighted by molar-refractivity contribution is 9.10. The Morgan fingerprint density at radius 2 is 1.90 bits per heavy atom. The summed E-state index contributed by atoms with van der Waals surface area (Å²) in [6, 6.07) is 7.94. The average molecular weight is 356 g/mol. The molecule has 0 saturated heterocycles. The van der Waals surface area contributed by atoms with Gasteiger partial charge in [0.2, 0.25) is 0 Å². The molecular formula is C13H14BrN3O2S. The van der Waals surface area contributed by atoms with Crippen LogP contribution in [0.2, 0.25) is 0 Å². The molecule has 0 amide bonds. The maximum atomic E-state index is 12.3. The van der Waals surface area contributed by atoms with E-state index in [1.54, 1.807) is 18.2 Å². The molecule has 1 atom stereocenters. The van der Waals surface area contributed by atoms with E-state index in [9.17, 15) is 8.42 Å². The maximum absolute atomic E-state index is 12.3. The van der Waals surface area contributed by atoms with Crippen molar-refractivity contribution in [2.75, 3.05) is 4.72 Å². The lowest BCUT2D eigenvalue weighted by Crippen LogP contribution is -2.14. The van der Waals surface area contributed by atoms with Crippen LogP contribution in [0.15, 0.2) is 52.1 Å². The molecule has 0 fully saturated rings. The van der Waals surface area contributed by atoms with Crippen molar-refractivity contribution in [3.8, 4) is 0 Å². The summed E-state index contributed by atoms with van der Waals surface area (Å²) in [5.41, 5.74) is 7.06. The zero-order chi connectivity index (χ0) is 14.8. The number of sulfonamides is 1. The lowest BCUT2D eigenvalue weighted by Gasteiger charge is -2.10. The lowest BCUT2D eigenvalue weighted by atomic mass is 10.1. The first kappa shape index (κ1) is 15.0. The van der Waals surface area contributed by atoms with Crippen LogP contribution < -0.4 is 10.5 Å². The number of pyridine rings is 1. The Labute approximate surface area is 126 Å². The molecule has 1 aromatic heterocycles. The Kier molecular flexibility index (Phi) is 4.42. The van der Waals surface area contributed by atoms with Crippen LogP contribution in [-0.2, 0) is 10.0 Å². The number of anilines is 1. The van der Waals surface area contributed by atoms with Crippen LogP contribution >= 0.6 is 15.9 Å². The smallest absolute Gasteiger partial charge is 0.261 e. The molecule has 0 spiro atoms. The third kappa shape index (κ3) is 3.36. The molecule has 1 aromatic carbocycles. The van der Waals surface area contributed by atoms with Gasteiger partial charge in [0.05, 0.1) is 15.1 Å². The van der Waals surface area contributed by atoms with Crippen molar-refractivity contribution in [3.63, 3.8) is 0 Å². The minimum atomic E-state index is -3.63. The zero-order valence-electron chi connectivity index (χ0n) is 10.7. The predicted octanol–water partition coefficient (Wildman–Crippen LogP) is 2.66. The van der Waals surface area contributed by atoms with Gasteiger partial charge in [0.1, 0.15) is 0 Å². The zero-order valence-corrected chi connectivity index (χ0v) is 13.1. The molecule has 5 nitrogen and oxygen atoms in total. The molecule has 0 aliphatic heterocycles. The molecule has 0 bridgehead atoms. The van der Waals surface area contributed by atoms with Crippen LogP contribution in [0.5, 0.6) is 0 Å². The van der Waals surface area contributed by atoms with Gasteiger partial charge >= 0.3 is 0 Å². The summed E-state index contributed by atoms with van der Waals surface area (Å²) >= 11 is 3.25. The monoisotopic (exact) mass is 355 g/mol. The Morgan fingerprint density at radius 1 is 1.25 bits per heavy atom. The van der Waals surface area contributed by atoms with Crippen molar-refractivity contribution in [3.05, 3.63) is 52.8 Å². The number of benzene rings is 1. The van der Waals surface area contributed by atoms with E-state index in [1.165, 1.54) is 24.5 Å². The van der Waals surface area contributed by atoms with Crippen LogP contribution in [0.4, 0.5) is 5.69 Å². The van der Waals surface area contributed by atoms with Gasteiger partial charge in [-0.1, -0.05) is 12.1 Å². The van der Waals surface area contributed by atoms with Crippen molar-refractivity contribution in [1.29, 1.82) is 0 Å². The fraction of sp³-hybridized carbons (Fsp3) is 0.154. The number of hydrogen-bond acceptors (Lipinski definition) is 4. The highest BCUT2D eigenvalue weighted by atomic mass is 79.9. The van der Waals surface area contributed by atoms with Gasteiger partial charge in [-0.05, 0) is 46.6 Å². The van der Waals surface area contributed by atoms with Gasteiger partial charge in [0, 0.05) is 18.4 Å². The average Bonchev–Trinajstić information content (AvgIpc) is 2.41. The second kappa shape index (κ2) is 5.90. The summed E-state index contributed by atoms with van der Waals surface area (Å²) < 4.78 is 27.6. The molecule has 0 saturated carbocycles. The number of nitrogens with zero attached hydrogens (tertiary/aromatic N) is 1. The van der Waals surface area contributed by atoms with Crippen LogP contribution in [-0.4, -0.2) is 13.4 Å². The van der Waals surface area contributed by atoms with Crippen molar-refractivity contribution in [2.45, 2.75) is 17.9 Å². The first-order valence-electron chi connectivity index (χ1n) is 5.88. The minimum absolute atomic E-state index is 0.131. The van der Waals surface area contributed by atoms with Crippen molar-refractivity contribution >= 4 is 31.6 Å². The number of aromatic nitrogens is 1. The molecule has 1 unspecified atom stereocenters. The van der Waals surface area contributed by atoms with E-state index >= 15 is 0 Å². The van der Waals surface area contributed by atoms with Crippen LogP contribution in [0.25, 0.3) is 0 Å². The second-order valence-corrected chi connectivity index (χ2v) is 6.86. The fourth-order valence-corrected chi connectivity index (χ4v) is 3.17. The van der Waals surface area contributed by atoms with Gasteiger partial charge in [-0.15, -0.1) is 0 Å². The molecule has 2 aromatic rings. The highest BCUT2D eigenvalue weighted by Gasteiger charge is 2.15. The quantitative estimate of drug-likeness (QED) is 0.882. The number of halogens is 1. The normalized spacial score (nSPS) is 12.9. The molecule has 2 rings (SSSR count). The summed E-state index contributed by atoms with van der Waals surface area (Å²) in [6.45, 7) is 1.84. The third-order valence-corrected chi connectivity index (χ3v) is 4.75. The molecule has 20 heavy (non-hydrogen) atoms. The van der Waals surface area contributed by atoms with Crippen molar-refractivity contribution in [2.24, 2.45) is 5.73 Å². The predicted molar refractivity (Wildman–Crippen MR) is 81.8 cm³/mol. The van der Waals surface area contributed by atoms with E-state index in [2.05, 4.69) is 25.6 Å². The summed E-state index contributed by atoms with van der Waals surface area (Å²) in [6.07, 6.45) is 3.04. The Hall–Kier alpha value is -1.44. The molecule has 106 valence electrons. The van der Waals surface area contributed by atoms with Gasteiger partial charge in [0.25, 0.3) is 10.0 Å². The number of rotatable bonds is 4. The van der Waals surface area contributed by atoms with Crippen molar-refractivity contribution < 1.29 is 8.42 Å². The van der Waals surface area contributed by atoms with Gasteiger partial charge in [-0.2, -0.15) is 0 Å². The molecule has 0 aliphatic carbocycles. The lowest BCUT2D eigenvalue weighted by molar-refractivity contribution is 0.601. The third-order valence-electron chi connectivity index (χ3n) is 2.73. The summed E-state index contributed by atoms with van der Waals surface area (Å²) in [4.78, 5) is 4.07. The van der Waals surface area contributed by atoms with Crippen molar-refractivity contribution in [1.82, 2.24) is 4.98 Å². The summed E-state index contributed by atoms with van der Waals surface area (Å²) in [5, 5.41) is 0. The van der Waals surface area contributed by atoms with E-state index < -0.39 is 10.0 Å². The van der Waals surface area contributed by atoms with E-state index in [0.29, 0.717) is 10.2 Å². The van der Waals surface area contributed by atoms with E-state index in [1.807, 2.05) is 6.92 Å². The Bertz CT molecular complexity index is 700. The largest absolute Gasteiger partial charge is 0.324 e. The molecule has 0 aliphatic rings. The fourth-order valence-electron chi connectivity index (χ4n) is 1.61. The van der Waals surface area contributed by atoms with Crippen LogP contribution in [0.1, 0.15) is 18.5 Å². The standard InChI is InChI=1S/C13H14BrN3O2S/c1-9(15)10-2-4-11(5-3-10)20(18,19)17-13-6-7-16-8-12(13)14/h2-9H,15H2,1H3,(H,16,17). The van der Waals surface area contributed by atoms with Crippen LogP contribution in [0.3, 0.4) is 0 Å². The molecule has 3 N–H and O–H groups in total. The summed E-state index contributed by atoms with van der Waals surface area (Å²) in [7, 11) is -3.63. The Balaban J connectivity index is 2.29. The van der Waals surface area contributed by atoms with Gasteiger partial charge in [-0.25, -0.2) is 8.42 Å². The summed E-state index contributed by atoms with van der Waals surface area (Å²) in [5.74, 6) is 0. The van der Waals surface area contributed by atoms with Gasteiger partial charge in [-0.3, -0.25) is 9.71 Å². The number of nitrogens with one attached hydrogen (secondary N) is 1. The molecular weight excluding hydrogens is 342 g/mol. The first-order valence-corrected chi connectivity index (χ1v) is 8.15. The Morgan fingerprint density at radius 3 is 2.45 bits per heavy atom. The first-order chi connectivity index (χ1) is 9.40. The highest BCUT2D eigenvalue weighted by Crippen LogP contribution is 2.24. The number of hydrogen-bond donors (Lipinski definition) is 2. The van der Waals surface area contributed by atoms with Gasteiger partial charge < -0.3 is 5.73 Å². The topological polar surface area (TPSA) is 85.1 Å². The van der Waals surface area contributed by atoms with Gasteiger partial charge in [0.15, 0.2) is 0 Å². The maximum Gasteiger partial charge on any atom is 0.261 e. The molecule has 7 heteroatoms. The minimum Gasteiger partial charge on any atom is -0.324 e. The van der Waals surface area contributed by atoms with E-state index in [4.69, 9.17) is 5.73 Å². The molecule has 0 radical (unpaired) electrons. The van der Waals surface area contributed by atoms with Crippen LogP contribution in [0, 0.1) is 0 Å². The van der Waals surface area contributed by atoms with E-state index in [-0.39, 0.29) is 10.9 Å². The SMILES string of the molecule is CC(N)c1ccc(S(=O)(=O)Nc2ccncc2Br)cc1.